The van der Waals surface area contributed by atoms with Gasteiger partial charge in [-0.15, -0.1) is 0 Å². The van der Waals surface area contributed by atoms with E-state index in [0.717, 1.165) is 44.9 Å². The Bertz CT molecular complexity index is 396. The molecule has 3 N–H and O–H groups in total. The van der Waals surface area contributed by atoms with Crippen molar-refractivity contribution in [2.75, 3.05) is 19.6 Å². The number of hydrogen-bond acceptors (Lipinski definition) is 2. The van der Waals surface area contributed by atoms with Crippen LogP contribution < -0.4 is 10.6 Å². The first-order valence-corrected chi connectivity index (χ1v) is 7.07. The van der Waals surface area contributed by atoms with E-state index in [2.05, 4.69) is 20.2 Å². The van der Waals surface area contributed by atoms with Gasteiger partial charge in [0.2, 0.25) is 0 Å². The van der Waals surface area contributed by atoms with E-state index in [1.54, 1.807) is 0 Å². The van der Waals surface area contributed by atoms with Gasteiger partial charge in [0.15, 0.2) is 5.96 Å². The summed E-state index contributed by atoms with van der Waals surface area (Å²) in [7, 11) is 0. The molecule has 1 aliphatic rings. The highest BCUT2D eigenvalue weighted by molar-refractivity contribution is 5.79. The summed E-state index contributed by atoms with van der Waals surface area (Å²) in [6, 6.07) is 4.04. The highest BCUT2D eigenvalue weighted by Gasteiger charge is 2.34. The van der Waals surface area contributed by atoms with Crippen molar-refractivity contribution in [1.29, 1.82) is 0 Å². The SMILES string of the molecule is CCNC(=NCC1(O)CCC1)NCCn1cccc1. The van der Waals surface area contributed by atoms with E-state index >= 15 is 0 Å². The number of nitrogens with zero attached hydrogens (tertiary/aromatic N) is 2. The first kappa shape index (κ1) is 13.9. The number of guanidine groups is 1. The third-order valence-electron chi connectivity index (χ3n) is 3.49. The lowest BCUT2D eigenvalue weighted by Crippen LogP contribution is -2.43. The summed E-state index contributed by atoms with van der Waals surface area (Å²) >= 11 is 0. The first-order chi connectivity index (χ1) is 9.22. The predicted octanol–water partition coefficient (Wildman–Crippen LogP) is 0.958. The molecule has 0 unspecified atom stereocenters. The van der Waals surface area contributed by atoms with Crippen molar-refractivity contribution in [3.63, 3.8) is 0 Å². The van der Waals surface area contributed by atoms with Crippen molar-refractivity contribution in [2.45, 2.75) is 38.3 Å². The predicted molar refractivity (Wildman–Crippen MR) is 77.2 cm³/mol. The van der Waals surface area contributed by atoms with Gasteiger partial charge in [0, 0.05) is 32.0 Å². The molecule has 1 aromatic rings. The fraction of sp³-hybridized carbons (Fsp3) is 0.643. The maximum atomic E-state index is 10.0. The second-order valence-corrected chi connectivity index (χ2v) is 5.12. The molecule has 19 heavy (non-hydrogen) atoms. The molecule has 1 saturated carbocycles. The summed E-state index contributed by atoms with van der Waals surface area (Å²) < 4.78 is 2.12. The van der Waals surface area contributed by atoms with Crippen molar-refractivity contribution < 1.29 is 5.11 Å². The van der Waals surface area contributed by atoms with E-state index in [-0.39, 0.29) is 0 Å². The Kier molecular flexibility index (Phi) is 4.85. The zero-order chi connectivity index (χ0) is 13.6. The van der Waals surface area contributed by atoms with Crippen molar-refractivity contribution in [3.8, 4) is 0 Å². The minimum absolute atomic E-state index is 0.492. The lowest BCUT2D eigenvalue weighted by atomic mass is 9.80. The minimum atomic E-state index is -0.553. The molecule has 0 amide bonds. The summed E-state index contributed by atoms with van der Waals surface area (Å²) in [4.78, 5) is 4.46. The molecule has 1 fully saturated rings. The first-order valence-electron chi connectivity index (χ1n) is 7.07. The molecule has 0 bridgehead atoms. The lowest BCUT2D eigenvalue weighted by molar-refractivity contribution is -0.0236. The Morgan fingerprint density at radius 1 is 1.32 bits per heavy atom. The van der Waals surface area contributed by atoms with Crippen LogP contribution in [0.1, 0.15) is 26.2 Å². The molecular formula is C14H24N4O. The van der Waals surface area contributed by atoms with E-state index in [0.29, 0.717) is 6.54 Å². The van der Waals surface area contributed by atoms with Crippen LogP contribution in [0.2, 0.25) is 0 Å². The quantitative estimate of drug-likeness (QED) is 0.530. The van der Waals surface area contributed by atoms with E-state index in [1.807, 2.05) is 31.5 Å². The second-order valence-electron chi connectivity index (χ2n) is 5.12. The average Bonchev–Trinajstić information content (AvgIpc) is 2.87. The number of aromatic nitrogens is 1. The molecule has 0 aliphatic heterocycles. The van der Waals surface area contributed by atoms with Gasteiger partial charge in [-0.3, -0.25) is 4.99 Å². The summed E-state index contributed by atoms with van der Waals surface area (Å²) in [5, 5.41) is 16.5. The number of aliphatic imine (C=N–C) groups is 1. The van der Waals surface area contributed by atoms with Crippen molar-refractivity contribution in [1.82, 2.24) is 15.2 Å². The van der Waals surface area contributed by atoms with Gasteiger partial charge in [-0.2, -0.15) is 0 Å². The second kappa shape index (κ2) is 6.61. The fourth-order valence-electron chi connectivity index (χ4n) is 2.13. The van der Waals surface area contributed by atoms with Gasteiger partial charge in [-0.25, -0.2) is 0 Å². The highest BCUT2D eigenvalue weighted by Crippen LogP contribution is 2.31. The van der Waals surface area contributed by atoms with Crippen molar-refractivity contribution >= 4 is 5.96 Å². The standard InChI is InChI=1S/C14H24N4O/c1-2-15-13(17-12-14(19)6-5-7-14)16-8-11-18-9-3-4-10-18/h3-4,9-10,19H,2,5-8,11-12H2,1H3,(H2,15,16,17). The average molecular weight is 264 g/mol. The molecule has 0 saturated heterocycles. The van der Waals surface area contributed by atoms with E-state index < -0.39 is 5.60 Å². The molecule has 5 heteroatoms. The zero-order valence-electron chi connectivity index (χ0n) is 11.6. The molecule has 1 aliphatic carbocycles. The number of hydrogen-bond donors (Lipinski definition) is 3. The van der Waals surface area contributed by atoms with Crippen LogP contribution in [0.3, 0.4) is 0 Å². The summed E-state index contributed by atoms with van der Waals surface area (Å²) in [5.74, 6) is 0.787. The van der Waals surface area contributed by atoms with Crippen LogP contribution >= 0.6 is 0 Å². The van der Waals surface area contributed by atoms with Gasteiger partial charge in [0.05, 0.1) is 12.1 Å². The Balaban J connectivity index is 1.76. The molecule has 1 aromatic heterocycles. The van der Waals surface area contributed by atoms with E-state index in [9.17, 15) is 5.11 Å². The molecule has 5 nitrogen and oxygen atoms in total. The van der Waals surface area contributed by atoms with Gasteiger partial charge < -0.3 is 20.3 Å². The van der Waals surface area contributed by atoms with E-state index in [4.69, 9.17) is 0 Å². The van der Waals surface area contributed by atoms with Crippen LogP contribution in [0, 0.1) is 0 Å². The molecule has 0 radical (unpaired) electrons. The van der Waals surface area contributed by atoms with Crippen LogP contribution in [0.25, 0.3) is 0 Å². The number of aliphatic hydroxyl groups is 1. The maximum absolute atomic E-state index is 10.0. The zero-order valence-corrected chi connectivity index (χ0v) is 11.6. The van der Waals surface area contributed by atoms with Crippen LogP contribution in [0.4, 0.5) is 0 Å². The van der Waals surface area contributed by atoms with Gasteiger partial charge in [-0.1, -0.05) is 0 Å². The fourth-order valence-corrected chi connectivity index (χ4v) is 2.13. The Morgan fingerprint density at radius 3 is 2.63 bits per heavy atom. The molecule has 2 rings (SSSR count). The Morgan fingerprint density at radius 2 is 2.05 bits per heavy atom. The van der Waals surface area contributed by atoms with Crippen LogP contribution in [-0.2, 0) is 6.54 Å². The largest absolute Gasteiger partial charge is 0.388 e. The molecular weight excluding hydrogens is 240 g/mol. The number of rotatable bonds is 6. The summed E-state index contributed by atoms with van der Waals surface area (Å²) in [6.07, 6.45) is 6.95. The van der Waals surface area contributed by atoms with Crippen molar-refractivity contribution in [2.24, 2.45) is 4.99 Å². The molecule has 0 aromatic carbocycles. The maximum Gasteiger partial charge on any atom is 0.191 e. The van der Waals surface area contributed by atoms with Crippen LogP contribution in [-0.4, -0.2) is 40.9 Å². The van der Waals surface area contributed by atoms with Gasteiger partial charge in [0.1, 0.15) is 0 Å². The third kappa shape index (κ3) is 4.28. The van der Waals surface area contributed by atoms with Crippen LogP contribution in [0.5, 0.6) is 0 Å². The summed E-state index contributed by atoms with van der Waals surface area (Å²) in [6.45, 7) is 5.08. The monoisotopic (exact) mass is 264 g/mol. The molecule has 106 valence electrons. The smallest absolute Gasteiger partial charge is 0.191 e. The van der Waals surface area contributed by atoms with Gasteiger partial charge >= 0.3 is 0 Å². The van der Waals surface area contributed by atoms with E-state index in [1.165, 1.54) is 0 Å². The Hall–Kier alpha value is -1.49. The van der Waals surface area contributed by atoms with Gasteiger partial charge in [-0.05, 0) is 38.3 Å². The summed E-state index contributed by atoms with van der Waals surface area (Å²) in [5.41, 5.74) is -0.553. The molecule has 0 atom stereocenters. The van der Waals surface area contributed by atoms with Crippen LogP contribution in [0.15, 0.2) is 29.5 Å². The number of nitrogens with one attached hydrogen (secondary N) is 2. The molecule has 1 heterocycles. The minimum Gasteiger partial charge on any atom is -0.388 e. The Labute approximate surface area is 114 Å². The highest BCUT2D eigenvalue weighted by atomic mass is 16.3. The molecule has 0 spiro atoms. The normalized spacial score (nSPS) is 17.9. The van der Waals surface area contributed by atoms with Crippen molar-refractivity contribution in [3.05, 3.63) is 24.5 Å². The van der Waals surface area contributed by atoms with Gasteiger partial charge in [0.25, 0.3) is 0 Å². The topological polar surface area (TPSA) is 61.6 Å². The lowest BCUT2D eigenvalue weighted by Gasteiger charge is -2.35. The third-order valence-corrected chi connectivity index (χ3v) is 3.49.